The molecule has 1 heterocycles. The molecule has 2 aromatic rings. The zero-order chi connectivity index (χ0) is 18.1. The van der Waals surface area contributed by atoms with E-state index >= 15 is 0 Å². The van der Waals surface area contributed by atoms with E-state index in [1.54, 1.807) is 6.92 Å². The minimum absolute atomic E-state index is 0.134. The molecule has 11 heteroatoms. The maximum atomic E-state index is 12.1. The minimum Gasteiger partial charge on any atom is -0.406 e. The number of ether oxygens (including phenoxy) is 1. The fraction of sp³-hybridized carbons (Fsp3) is 0.154. The molecule has 130 valence electrons. The van der Waals surface area contributed by atoms with Crippen molar-refractivity contribution in [2.45, 2.75) is 17.5 Å². The first kappa shape index (κ1) is 18.2. The molecule has 1 aromatic heterocycles. The van der Waals surface area contributed by atoms with Crippen LogP contribution in [0.1, 0.15) is 15.2 Å². The highest BCUT2D eigenvalue weighted by Gasteiger charge is 2.31. The summed E-state index contributed by atoms with van der Waals surface area (Å²) in [7, 11) is -3.92. The van der Waals surface area contributed by atoms with E-state index in [2.05, 4.69) is 10.1 Å². The number of alkyl halides is 3. The van der Waals surface area contributed by atoms with Crippen molar-refractivity contribution in [3.8, 4) is 5.75 Å². The number of nitrogens with one attached hydrogen (secondary N) is 1. The molecule has 0 aliphatic carbocycles. The zero-order valence-electron chi connectivity index (χ0n) is 12.0. The lowest BCUT2D eigenvalue weighted by Crippen LogP contribution is -2.17. The molecule has 3 N–H and O–H groups in total. The summed E-state index contributed by atoms with van der Waals surface area (Å²) < 4.78 is 62.3. The Kier molecular flexibility index (Phi) is 4.87. The highest BCUT2D eigenvalue weighted by atomic mass is 32.2. The van der Waals surface area contributed by atoms with Crippen LogP contribution in [0.4, 0.5) is 18.9 Å². The predicted octanol–water partition coefficient (Wildman–Crippen LogP) is 2.85. The third kappa shape index (κ3) is 4.69. The van der Waals surface area contributed by atoms with Crippen molar-refractivity contribution in [2.75, 3.05) is 5.32 Å². The van der Waals surface area contributed by atoms with Gasteiger partial charge in [-0.2, -0.15) is 0 Å². The third-order valence-corrected chi connectivity index (χ3v) is 5.38. The number of rotatable bonds is 4. The molecule has 0 saturated carbocycles. The number of thiophene rings is 1. The molecule has 1 amide bonds. The number of benzene rings is 1. The van der Waals surface area contributed by atoms with Crippen molar-refractivity contribution in [1.82, 2.24) is 0 Å². The first-order valence-electron chi connectivity index (χ1n) is 6.26. The van der Waals surface area contributed by atoms with Gasteiger partial charge in [-0.1, -0.05) is 0 Å². The maximum Gasteiger partial charge on any atom is 0.573 e. The standard InChI is InChI=1S/C13H11F3N2O4S2/c1-7-6-10(24(17,20)21)23-11(7)12(19)18-8-2-4-9(5-3-8)22-13(14,15)16/h2-6H,1H3,(H,18,19)(H2,17,20,21). The Balaban J connectivity index is 2.14. The number of amides is 1. The van der Waals surface area contributed by atoms with Crippen molar-refractivity contribution < 1.29 is 31.1 Å². The van der Waals surface area contributed by atoms with Crippen molar-refractivity contribution >= 4 is 33.0 Å². The van der Waals surface area contributed by atoms with Crippen LogP contribution in [0.2, 0.25) is 0 Å². The Bertz CT molecular complexity index is 858. The fourth-order valence-corrected chi connectivity index (χ4v) is 3.60. The van der Waals surface area contributed by atoms with Crippen LogP contribution in [0, 0.1) is 6.92 Å². The normalized spacial score (nSPS) is 12.0. The van der Waals surface area contributed by atoms with Crippen molar-refractivity contribution in [2.24, 2.45) is 5.14 Å². The van der Waals surface area contributed by atoms with Crippen LogP contribution in [0.3, 0.4) is 0 Å². The summed E-state index contributed by atoms with van der Waals surface area (Å²) in [6.45, 7) is 1.54. The summed E-state index contributed by atoms with van der Waals surface area (Å²) >= 11 is 0.706. The first-order chi connectivity index (χ1) is 11.0. The lowest BCUT2D eigenvalue weighted by molar-refractivity contribution is -0.274. The number of carbonyl (C=O) groups is 1. The van der Waals surface area contributed by atoms with E-state index in [0.29, 0.717) is 16.9 Å². The monoisotopic (exact) mass is 380 g/mol. The molecule has 1 aromatic carbocycles. The number of halogens is 3. The molecule has 0 aliphatic rings. The van der Waals surface area contributed by atoms with E-state index in [9.17, 15) is 26.4 Å². The number of carbonyl (C=O) groups excluding carboxylic acids is 1. The molecule has 2 rings (SSSR count). The quantitative estimate of drug-likeness (QED) is 0.852. The number of sulfonamides is 1. The summed E-state index contributed by atoms with van der Waals surface area (Å²) in [5.74, 6) is -1.03. The predicted molar refractivity (Wildman–Crippen MR) is 81.5 cm³/mol. The van der Waals surface area contributed by atoms with Gasteiger partial charge in [0.15, 0.2) is 0 Å². The van der Waals surface area contributed by atoms with Crippen molar-refractivity contribution in [3.05, 3.63) is 40.8 Å². The molecule has 0 saturated heterocycles. The van der Waals surface area contributed by atoms with Gasteiger partial charge in [-0.25, -0.2) is 13.6 Å². The molecule has 0 unspecified atom stereocenters. The third-order valence-electron chi connectivity index (χ3n) is 2.73. The lowest BCUT2D eigenvalue weighted by Gasteiger charge is -2.09. The van der Waals surface area contributed by atoms with E-state index < -0.39 is 28.0 Å². The number of aryl methyl sites for hydroxylation is 1. The van der Waals surface area contributed by atoms with E-state index in [4.69, 9.17) is 5.14 Å². The number of anilines is 1. The van der Waals surface area contributed by atoms with Gasteiger partial charge in [0, 0.05) is 5.69 Å². The van der Waals surface area contributed by atoms with Crippen LogP contribution in [-0.2, 0) is 10.0 Å². The summed E-state index contributed by atoms with van der Waals surface area (Å²) in [4.78, 5) is 12.3. The van der Waals surface area contributed by atoms with Gasteiger partial charge >= 0.3 is 6.36 Å². The molecular weight excluding hydrogens is 369 g/mol. The largest absolute Gasteiger partial charge is 0.573 e. The van der Waals surface area contributed by atoms with Crippen LogP contribution in [0.25, 0.3) is 0 Å². The van der Waals surface area contributed by atoms with Gasteiger partial charge in [0.1, 0.15) is 9.96 Å². The van der Waals surface area contributed by atoms with Crippen LogP contribution in [-0.4, -0.2) is 20.7 Å². The maximum absolute atomic E-state index is 12.1. The van der Waals surface area contributed by atoms with E-state index in [1.165, 1.54) is 18.2 Å². The van der Waals surface area contributed by atoms with Crippen LogP contribution >= 0.6 is 11.3 Å². The Morgan fingerprint density at radius 2 is 1.83 bits per heavy atom. The summed E-state index contributed by atoms with van der Waals surface area (Å²) in [5.41, 5.74) is 0.637. The molecule has 0 spiro atoms. The smallest absolute Gasteiger partial charge is 0.406 e. The molecule has 0 radical (unpaired) electrons. The molecule has 0 fully saturated rings. The average molecular weight is 380 g/mol. The number of primary sulfonamides is 1. The van der Waals surface area contributed by atoms with E-state index in [1.807, 2.05) is 0 Å². The first-order valence-corrected chi connectivity index (χ1v) is 8.62. The van der Waals surface area contributed by atoms with Gasteiger partial charge in [-0.3, -0.25) is 4.79 Å². The summed E-state index contributed by atoms with van der Waals surface area (Å²) in [6, 6.07) is 5.81. The molecule has 24 heavy (non-hydrogen) atoms. The van der Waals surface area contributed by atoms with Crippen LogP contribution < -0.4 is 15.2 Å². The molecule has 6 nitrogen and oxygen atoms in total. The van der Waals surface area contributed by atoms with Gasteiger partial charge in [0.05, 0.1) is 4.88 Å². The van der Waals surface area contributed by atoms with Gasteiger partial charge < -0.3 is 10.1 Å². The second kappa shape index (κ2) is 6.42. The number of hydrogen-bond donors (Lipinski definition) is 2. The SMILES string of the molecule is Cc1cc(S(N)(=O)=O)sc1C(=O)Nc1ccc(OC(F)(F)F)cc1. The Morgan fingerprint density at radius 1 is 1.25 bits per heavy atom. The average Bonchev–Trinajstić information content (AvgIpc) is 2.81. The second-order valence-electron chi connectivity index (χ2n) is 4.65. The van der Waals surface area contributed by atoms with Crippen LogP contribution in [0.15, 0.2) is 34.5 Å². The minimum atomic E-state index is -4.80. The zero-order valence-corrected chi connectivity index (χ0v) is 13.7. The van der Waals surface area contributed by atoms with Crippen LogP contribution in [0.5, 0.6) is 5.75 Å². The van der Waals surface area contributed by atoms with E-state index in [-0.39, 0.29) is 14.8 Å². The lowest BCUT2D eigenvalue weighted by atomic mass is 10.2. The Hall–Kier alpha value is -2.11. The number of hydrogen-bond acceptors (Lipinski definition) is 5. The molecule has 0 aliphatic heterocycles. The summed E-state index contributed by atoms with van der Waals surface area (Å²) in [5, 5.41) is 7.46. The topological polar surface area (TPSA) is 98.5 Å². The van der Waals surface area contributed by atoms with E-state index in [0.717, 1.165) is 12.1 Å². The van der Waals surface area contributed by atoms with Crippen molar-refractivity contribution in [3.63, 3.8) is 0 Å². The Labute approximate surface area is 139 Å². The summed E-state index contributed by atoms with van der Waals surface area (Å²) in [6.07, 6.45) is -4.80. The molecular formula is C13H11F3N2O4S2. The van der Waals surface area contributed by atoms with Gasteiger partial charge in [-0.15, -0.1) is 24.5 Å². The fourth-order valence-electron chi connectivity index (χ4n) is 1.75. The molecule has 0 atom stereocenters. The molecule has 0 bridgehead atoms. The van der Waals surface area contributed by atoms with Gasteiger partial charge in [-0.05, 0) is 42.8 Å². The second-order valence-corrected chi connectivity index (χ2v) is 7.49. The van der Waals surface area contributed by atoms with Crippen molar-refractivity contribution in [1.29, 1.82) is 0 Å². The Morgan fingerprint density at radius 3 is 2.29 bits per heavy atom. The highest BCUT2D eigenvalue weighted by molar-refractivity contribution is 7.91. The number of nitrogens with two attached hydrogens (primary N) is 1. The van der Waals surface area contributed by atoms with Gasteiger partial charge in [0.25, 0.3) is 5.91 Å². The highest BCUT2D eigenvalue weighted by Crippen LogP contribution is 2.27. The van der Waals surface area contributed by atoms with Gasteiger partial charge in [0.2, 0.25) is 10.0 Å².